The van der Waals surface area contributed by atoms with Gasteiger partial charge in [0.25, 0.3) is 0 Å². The summed E-state index contributed by atoms with van der Waals surface area (Å²) in [6, 6.07) is 2.13. The van der Waals surface area contributed by atoms with Crippen LogP contribution >= 0.6 is 11.3 Å². The van der Waals surface area contributed by atoms with Gasteiger partial charge in [0.05, 0.1) is 12.1 Å². The lowest BCUT2D eigenvalue weighted by Gasteiger charge is -2.25. The first-order valence-corrected chi connectivity index (χ1v) is 5.50. The van der Waals surface area contributed by atoms with Crippen LogP contribution in [0.4, 0.5) is 5.00 Å². The smallest absolute Gasteiger partial charge is 0.219 e. The van der Waals surface area contributed by atoms with E-state index in [9.17, 15) is 4.79 Å². The molecule has 5 heteroatoms. The molecule has 0 radical (unpaired) electrons. The molecule has 2 rings (SSSR count). The van der Waals surface area contributed by atoms with E-state index in [1.807, 2.05) is 0 Å². The second-order valence-electron chi connectivity index (χ2n) is 3.55. The van der Waals surface area contributed by atoms with Crippen molar-refractivity contribution in [2.24, 2.45) is 0 Å². The number of hydrogen-bond donors (Lipinski definition) is 1. The average Bonchev–Trinajstić information content (AvgIpc) is 2.51. The van der Waals surface area contributed by atoms with Crippen LogP contribution in [0, 0.1) is 11.3 Å². The lowest BCUT2D eigenvalue weighted by atomic mass is 10.0. The number of carbonyl (C=O) groups excluding carboxylic acids is 1. The lowest BCUT2D eigenvalue weighted by molar-refractivity contribution is -0.129. The Bertz CT molecular complexity index is 458. The second kappa shape index (κ2) is 3.55. The van der Waals surface area contributed by atoms with Crippen LogP contribution < -0.4 is 5.73 Å². The number of nitrogens with two attached hydrogens (primary N) is 1. The molecule has 0 saturated heterocycles. The molecule has 4 nitrogen and oxygen atoms in total. The summed E-state index contributed by atoms with van der Waals surface area (Å²) in [5.41, 5.74) is 7.39. The summed E-state index contributed by atoms with van der Waals surface area (Å²) < 4.78 is 0. The van der Waals surface area contributed by atoms with E-state index >= 15 is 0 Å². The van der Waals surface area contributed by atoms with Gasteiger partial charge >= 0.3 is 0 Å². The Labute approximate surface area is 91.9 Å². The van der Waals surface area contributed by atoms with Crippen molar-refractivity contribution in [2.75, 3.05) is 12.3 Å². The number of nitrogens with zero attached hydrogens (tertiary/aromatic N) is 2. The molecule has 0 fully saturated rings. The molecule has 1 aliphatic heterocycles. The SMILES string of the molecule is CC(=O)N1CCc2c(sc(N)c2C#N)C1. The van der Waals surface area contributed by atoms with Crippen LogP contribution in [0.15, 0.2) is 0 Å². The summed E-state index contributed by atoms with van der Waals surface area (Å²) in [7, 11) is 0. The third-order valence-electron chi connectivity index (χ3n) is 2.64. The van der Waals surface area contributed by atoms with Crippen molar-refractivity contribution in [3.63, 3.8) is 0 Å². The van der Waals surface area contributed by atoms with Crippen LogP contribution in [0.25, 0.3) is 0 Å². The van der Waals surface area contributed by atoms with E-state index in [4.69, 9.17) is 11.0 Å². The maximum absolute atomic E-state index is 11.2. The van der Waals surface area contributed by atoms with Gasteiger partial charge in [-0.2, -0.15) is 5.26 Å². The summed E-state index contributed by atoms with van der Waals surface area (Å²) in [6.07, 6.45) is 0.742. The minimum atomic E-state index is 0.0751. The van der Waals surface area contributed by atoms with Gasteiger partial charge in [-0.05, 0) is 12.0 Å². The van der Waals surface area contributed by atoms with Gasteiger partial charge in [-0.1, -0.05) is 0 Å². The number of hydrogen-bond acceptors (Lipinski definition) is 4. The zero-order valence-electron chi connectivity index (χ0n) is 8.41. The van der Waals surface area contributed by atoms with Crippen molar-refractivity contribution < 1.29 is 4.79 Å². The van der Waals surface area contributed by atoms with Gasteiger partial charge in [0.2, 0.25) is 5.91 Å². The van der Waals surface area contributed by atoms with Gasteiger partial charge in [-0.25, -0.2) is 0 Å². The van der Waals surface area contributed by atoms with Crippen LogP contribution in [0.5, 0.6) is 0 Å². The van der Waals surface area contributed by atoms with Crippen molar-refractivity contribution in [1.82, 2.24) is 4.90 Å². The zero-order valence-corrected chi connectivity index (χ0v) is 9.23. The van der Waals surface area contributed by atoms with E-state index < -0.39 is 0 Å². The number of thiophene rings is 1. The van der Waals surface area contributed by atoms with E-state index in [-0.39, 0.29) is 5.91 Å². The van der Waals surface area contributed by atoms with Gasteiger partial charge in [0.15, 0.2) is 0 Å². The summed E-state index contributed by atoms with van der Waals surface area (Å²) in [6.45, 7) is 2.85. The van der Waals surface area contributed by atoms with Crippen molar-refractivity contribution in [1.29, 1.82) is 5.26 Å². The molecule has 78 valence electrons. The summed E-state index contributed by atoms with van der Waals surface area (Å²) in [5.74, 6) is 0.0751. The fourth-order valence-electron chi connectivity index (χ4n) is 1.82. The second-order valence-corrected chi connectivity index (χ2v) is 4.68. The highest BCUT2D eigenvalue weighted by molar-refractivity contribution is 7.16. The molecular formula is C10H11N3OS. The van der Waals surface area contributed by atoms with Gasteiger partial charge in [0.1, 0.15) is 11.1 Å². The van der Waals surface area contributed by atoms with Crippen molar-refractivity contribution in [2.45, 2.75) is 19.9 Å². The lowest BCUT2D eigenvalue weighted by Crippen LogP contribution is -2.33. The predicted molar refractivity (Wildman–Crippen MR) is 58.2 cm³/mol. The monoisotopic (exact) mass is 221 g/mol. The predicted octanol–water partition coefficient (Wildman–Crippen LogP) is 1.11. The molecule has 0 aliphatic carbocycles. The zero-order chi connectivity index (χ0) is 11.0. The van der Waals surface area contributed by atoms with E-state index in [0.717, 1.165) is 16.9 Å². The number of nitrogen functional groups attached to an aromatic ring is 1. The minimum Gasteiger partial charge on any atom is -0.389 e. The molecule has 0 unspecified atom stereocenters. The molecule has 1 aromatic heterocycles. The Balaban J connectivity index is 2.37. The van der Waals surface area contributed by atoms with Crippen LogP contribution in [-0.2, 0) is 17.8 Å². The molecule has 2 heterocycles. The van der Waals surface area contributed by atoms with Crippen molar-refractivity contribution >= 4 is 22.2 Å². The molecule has 0 spiro atoms. The van der Waals surface area contributed by atoms with E-state index in [1.165, 1.54) is 11.3 Å². The third kappa shape index (κ3) is 1.57. The average molecular weight is 221 g/mol. The molecule has 1 aliphatic rings. The summed E-state index contributed by atoms with van der Waals surface area (Å²) in [5, 5.41) is 9.51. The molecule has 0 saturated carbocycles. The molecule has 0 bridgehead atoms. The largest absolute Gasteiger partial charge is 0.389 e. The fourth-order valence-corrected chi connectivity index (χ4v) is 2.90. The van der Waals surface area contributed by atoms with Crippen molar-refractivity contribution in [3.05, 3.63) is 16.0 Å². The Hall–Kier alpha value is -1.54. The molecule has 1 amide bonds. The van der Waals surface area contributed by atoms with Gasteiger partial charge in [-0.3, -0.25) is 4.79 Å². The summed E-state index contributed by atoms with van der Waals surface area (Å²) in [4.78, 5) is 14.0. The molecule has 15 heavy (non-hydrogen) atoms. The molecular weight excluding hydrogens is 210 g/mol. The van der Waals surface area contributed by atoms with Gasteiger partial charge < -0.3 is 10.6 Å². The number of anilines is 1. The number of carbonyl (C=O) groups is 1. The quantitative estimate of drug-likeness (QED) is 0.713. The van der Waals surface area contributed by atoms with Crippen LogP contribution in [0.2, 0.25) is 0 Å². The van der Waals surface area contributed by atoms with Gasteiger partial charge in [0, 0.05) is 18.3 Å². The number of rotatable bonds is 0. The molecule has 2 N–H and O–H groups in total. The van der Waals surface area contributed by atoms with E-state index in [2.05, 4.69) is 6.07 Å². The maximum atomic E-state index is 11.2. The standard InChI is InChI=1S/C10H11N3OS/c1-6(14)13-3-2-7-8(4-11)10(12)15-9(7)5-13/h2-3,5,12H2,1H3. The highest BCUT2D eigenvalue weighted by atomic mass is 32.1. The topological polar surface area (TPSA) is 70.1 Å². The normalized spacial score (nSPS) is 14.5. The third-order valence-corrected chi connectivity index (χ3v) is 3.69. The van der Waals surface area contributed by atoms with Crippen molar-refractivity contribution in [3.8, 4) is 6.07 Å². The molecule has 1 aromatic rings. The Morgan fingerprint density at radius 3 is 3.00 bits per heavy atom. The Morgan fingerprint density at radius 1 is 1.67 bits per heavy atom. The highest BCUT2D eigenvalue weighted by Crippen LogP contribution is 2.34. The van der Waals surface area contributed by atoms with Crippen LogP contribution in [0.3, 0.4) is 0 Å². The first kappa shape index (κ1) is 9.99. The first-order chi connectivity index (χ1) is 7.13. The van der Waals surface area contributed by atoms with Gasteiger partial charge in [-0.15, -0.1) is 11.3 Å². The van der Waals surface area contributed by atoms with E-state index in [0.29, 0.717) is 23.7 Å². The Kier molecular flexibility index (Phi) is 2.37. The fraction of sp³-hybridized carbons (Fsp3) is 0.400. The minimum absolute atomic E-state index is 0.0751. The summed E-state index contributed by atoms with van der Waals surface area (Å²) >= 11 is 1.42. The number of fused-ring (bicyclic) bond motifs is 1. The molecule has 0 atom stereocenters. The molecule has 0 aromatic carbocycles. The number of amides is 1. The van der Waals surface area contributed by atoms with Crippen LogP contribution in [-0.4, -0.2) is 17.4 Å². The maximum Gasteiger partial charge on any atom is 0.219 e. The Morgan fingerprint density at radius 2 is 2.40 bits per heavy atom. The number of nitriles is 1. The first-order valence-electron chi connectivity index (χ1n) is 4.69. The van der Waals surface area contributed by atoms with E-state index in [1.54, 1.807) is 11.8 Å². The van der Waals surface area contributed by atoms with Crippen LogP contribution in [0.1, 0.15) is 22.9 Å². The highest BCUT2D eigenvalue weighted by Gasteiger charge is 2.24.